The minimum absolute atomic E-state index is 0.0125. The van der Waals surface area contributed by atoms with Crippen LogP contribution in [0.15, 0.2) is 36.4 Å². The number of aliphatic hydroxyl groups is 1. The van der Waals surface area contributed by atoms with Crippen molar-refractivity contribution in [1.82, 2.24) is 9.80 Å². The van der Waals surface area contributed by atoms with Crippen molar-refractivity contribution in [2.45, 2.75) is 25.4 Å². The van der Waals surface area contributed by atoms with Gasteiger partial charge in [-0.25, -0.2) is 0 Å². The fourth-order valence-electron chi connectivity index (χ4n) is 4.99. The molecule has 2 fully saturated rings. The first-order chi connectivity index (χ1) is 13.8. The molecule has 29 heavy (non-hydrogen) atoms. The normalized spacial score (nSPS) is 21.7. The number of β-amino-alcohol motifs (C(OH)–C–C–N with tert-alkyl or cyclic N) is 1. The fraction of sp³-hybridized carbons (Fsp3) is 0.478. The maximum Gasteiger partial charge on any atom is 0.254 e. The Morgan fingerprint density at radius 2 is 1.76 bits per heavy atom. The van der Waals surface area contributed by atoms with Crippen LogP contribution in [-0.4, -0.2) is 73.6 Å². The van der Waals surface area contributed by atoms with Gasteiger partial charge in [-0.3, -0.25) is 9.59 Å². The van der Waals surface area contributed by atoms with Crippen LogP contribution < -0.4 is 4.90 Å². The summed E-state index contributed by atoms with van der Waals surface area (Å²) in [5.41, 5.74) is 1.26. The monoisotopic (exact) mass is 395 g/mol. The van der Waals surface area contributed by atoms with Gasteiger partial charge in [0.15, 0.2) is 0 Å². The second kappa shape index (κ2) is 7.34. The molecule has 6 nitrogen and oxygen atoms in total. The number of aliphatic hydroxyl groups excluding tert-OH is 1. The van der Waals surface area contributed by atoms with Crippen molar-refractivity contribution in [3.63, 3.8) is 0 Å². The average molecular weight is 396 g/mol. The number of hydrogen-bond acceptors (Lipinski definition) is 4. The van der Waals surface area contributed by atoms with Crippen LogP contribution in [0.25, 0.3) is 10.8 Å². The molecule has 0 bridgehead atoms. The quantitative estimate of drug-likeness (QED) is 0.848. The minimum Gasteiger partial charge on any atom is -0.391 e. The molecular formula is C23H29N3O3. The summed E-state index contributed by atoms with van der Waals surface area (Å²) in [6.07, 6.45) is 1.22. The molecular weight excluding hydrogens is 366 g/mol. The number of likely N-dealkylation sites (N-methyl/N-ethyl adjacent to an activating group) is 1. The van der Waals surface area contributed by atoms with Crippen LogP contribution in [0, 0.1) is 5.41 Å². The van der Waals surface area contributed by atoms with Crippen LogP contribution in [0.2, 0.25) is 0 Å². The van der Waals surface area contributed by atoms with E-state index in [9.17, 15) is 14.7 Å². The van der Waals surface area contributed by atoms with Crippen molar-refractivity contribution < 1.29 is 14.7 Å². The van der Waals surface area contributed by atoms with Gasteiger partial charge in [0.25, 0.3) is 5.91 Å². The van der Waals surface area contributed by atoms with Crippen molar-refractivity contribution in [2.24, 2.45) is 5.41 Å². The zero-order chi connectivity index (χ0) is 20.8. The average Bonchev–Trinajstić information content (AvgIpc) is 2.71. The predicted molar refractivity (Wildman–Crippen MR) is 114 cm³/mol. The van der Waals surface area contributed by atoms with Gasteiger partial charge in [-0.2, -0.15) is 0 Å². The first-order valence-corrected chi connectivity index (χ1v) is 10.2. The molecule has 2 amide bonds. The number of rotatable bonds is 2. The van der Waals surface area contributed by atoms with Crippen molar-refractivity contribution >= 4 is 28.3 Å². The number of anilines is 1. The Bertz CT molecular complexity index is 948. The van der Waals surface area contributed by atoms with E-state index in [2.05, 4.69) is 4.90 Å². The van der Waals surface area contributed by atoms with Gasteiger partial charge in [-0.15, -0.1) is 0 Å². The van der Waals surface area contributed by atoms with E-state index in [0.717, 1.165) is 16.5 Å². The van der Waals surface area contributed by atoms with Crippen molar-refractivity contribution in [2.75, 3.05) is 45.7 Å². The molecule has 0 saturated carbocycles. The smallest absolute Gasteiger partial charge is 0.254 e. The molecule has 4 rings (SSSR count). The van der Waals surface area contributed by atoms with Gasteiger partial charge in [0.1, 0.15) is 0 Å². The second-order valence-electron chi connectivity index (χ2n) is 8.69. The Balaban J connectivity index is 1.58. The van der Waals surface area contributed by atoms with Crippen LogP contribution >= 0.6 is 0 Å². The molecule has 6 heteroatoms. The lowest BCUT2D eigenvalue weighted by Crippen LogP contribution is -2.56. The third-order valence-electron chi connectivity index (χ3n) is 6.53. The maximum absolute atomic E-state index is 13.3. The van der Waals surface area contributed by atoms with Crippen LogP contribution in [0.3, 0.4) is 0 Å². The molecule has 0 radical (unpaired) electrons. The Labute approximate surface area is 171 Å². The SMILES string of the molecule is CN1CC(O)CC2(CCN(C(=O)c3ccc(N(C)C)c4ccccc34)CC2)C1=O. The number of likely N-dealkylation sites (tertiary alicyclic amines) is 2. The molecule has 0 aliphatic carbocycles. The van der Waals surface area contributed by atoms with Crippen LogP contribution in [0.1, 0.15) is 29.6 Å². The predicted octanol–water partition coefficient (Wildman–Crippen LogP) is 2.35. The lowest BCUT2D eigenvalue weighted by Gasteiger charge is -2.47. The summed E-state index contributed by atoms with van der Waals surface area (Å²) in [6.45, 7) is 1.47. The summed E-state index contributed by atoms with van der Waals surface area (Å²) in [5.74, 6) is 0.120. The third kappa shape index (κ3) is 3.35. The number of fused-ring (bicyclic) bond motifs is 1. The summed E-state index contributed by atoms with van der Waals surface area (Å²) < 4.78 is 0. The standard InChI is InChI=1S/C23H29N3O3/c1-24(2)20-9-8-19(17-6-4-5-7-18(17)20)21(28)26-12-10-23(11-13-26)14-16(27)15-25(3)22(23)29/h4-9,16,27H,10-15H2,1-3H3. The highest BCUT2D eigenvalue weighted by Gasteiger charge is 2.48. The Morgan fingerprint density at radius 3 is 2.41 bits per heavy atom. The molecule has 2 aromatic carbocycles. The molecule has 2 aliphatic heterocycles. The minimum atomic E-state index is -0.528. The van der Waals surface area contributed by atoms with Gasteiger partial charge < -0.3 is 19.8 Å². The summed E-state index contributed by atoms with van der Waals surface area (Å²) in [7, 11) is 5.75. The number of piperidine rings is 2. The van der Waals surface area contributed by atoms with E-state index in [4.69, 9.17) is 0 Å². The number of carbonyl (C=O) groups is 2. The van der Waals surface area contributed by atoms with Crippen molar-refractivity contribution in [3.8, 4) is 0 Å². The molecule has 2 aliphatic rings. The molecule has 1 atom stereocenters. The lowest BCUT2D eigenvalue weighted by atomic mass is 9.71. The molecule has 154 valence electrons. The highest BCUT2D eigenvalue weighted by Crippen LogP contribution is 2.41. The zero-order valence-electron chi connectivity index (χ0n) is 17.4. The summed E-state index contributed by atoms with van der Waals surface area (Å²) in [6, 6.07) is 11.9. The first-order valence-electron chi connectivity index (χ1n) is 10.2. The van der Waals surface area contributed by atoms with Gasteiger partial charge in [0.05, 0.1) is 11.5 Å². The summed E-state index contributed by atoms with van der Waals surface area (Å²) in [5, 5.41) is 12.2. The van der Waals surface area contributed by atoms with E-state index in [1.54, 1.807) is 11.9 Å². The van der Waals surface area contributed by atoms with Gasteiger partial charge >= 0.3 is 0 Å². The van der Waals surface area contributed by atoms with E-state index >= 15 is 0 Å². The molecule has 1 N–H and O–H groups in total. The maximum atomic E-state index is 13.3. The molecule has 2 saturated heterocycles. The van der Waals surface area contributed by atoms with Gasteiger partial charge in [-0.1, -0.05) is 24.3 Å². The number of benzene rings is 2. The topological polar surface area (TPSA) is 64.1 Å². The molecule has 2 heterocycles. The van der Waals surface area contributed by atoms with E-state index in [-0.39, 0.29) is 11.8 Å². The van der Waals surface area contributed by atoms with Crippen molar-refractivity contribution in [3.05, 3.63) is 42.0 Å². The van der Waals surface area contributed by atoms with E-state index < -0.39 is 11.5 Å². The number of hydrogen-bond donors (Lipinski definition) is 1. The molecule has 0 aromatic heterocycles. The van der Waals surface area contributed by atoms with E-state index in [0.29, 0.717) is 44.5 Å². The Hall–Kier alpha value is -2.60. The lowest BCUT2D eigenvalue weighted by molar-refractivity contribution is -0.154. The highest BCUT2D eigenvalue weighted by molar-refractivity contribution is 6.10. The first kappa shape index (κ1) is 19.7. The van der Waals surface area contributed by atoms with Gasteiger partial charge in [0, 0.05) is 57.4 Å². The van der Waals surface area contributed by atoms with Crippen LogP contribution in [0.4, 0.5) is 5.69 Å². The van der Waals surface area contributed by atoms with Gasteiger partial charge in [-0.05, 0) is 36.8 Å². The van der Waals surface area contributed by atoms with Gasteiger partial charge in [0.2, 0.25) is 5.91 Å². The van der Waals surface area contributed by atoms with Crippen LogP contribution in [0.5, 0.6) is 0 Å². The molecule has 2 aromatic rings. The zero-order valence-corrected chi connectivity index (χ0v) is 17.4. The summed E-state index contributed by atoms with van der Waals surface area (Å²) >= 11 is 0. The van der Waals surface area contributed by atoms with Crippen LogP contribution in [-0.2, 0) is 4.79 Å². The number of nitrogens with zero attached hydrogens (tertiary/aromatic N) is 3. The van der Waals surface area contributed by atoms with Crippen molar-refractivity contribution in [1.29, 1.82) is 0 Å². The van der Waals surface area contributed by atoms with E-state index in [1.807, 2.05) is 55.4 Å². The molecule has 1 unspecified atom stereocenters. The fourth-order valence-corrected chi connectivity index (χ4v) is 4.99. The van der Waals surface area contributed by atoms with E-state index in [1.165, 1.54) is 0 Å². The summed E-state index contributed by atoms with van der Waals surface area (Å²) in [4.78, 5) is 31.7. The number of carbonyl (C=O) groups excluding carboxylic acids is 2. The third-order valence-corrected chi connectivity index (χ3v) is 6.53. The number of amides is 2. The largest absolute Gasteiger partial charge is 0.391 e. The molecule has 1 spiro atoms. The second-order valence-corrected chi connectivity index (χ2v) is 8.69. The Kier molecular flexibility index (Phi) is 4.99. The highest BCUT2D eigenvalue weighted by atomic mass is 16.3. The Morgan fingerprint density at radius 1 is 1.10 bits per heavy atom.